The third kappa shape index (κ3) is 3.92. The summed E-state index contributed by atoms with van der Waals surface area (Å²) in [7, 11) is 0. The number of nitrogen functional groups attached to an aromatic ring is 2. The van der Waals surface area contributed by atoms with E-state index < -0.39 is 11.4 Å². The highest BCUT2D eigenvalue weighted by Gasteiger charge is 2.40. The van der Waals surface area contributed by atoms with Gasteiger partial charge in [0, 0.05) is 15.4 Å². The fraction of sp³-hybridized carbons (Fsp3) is 0.0769. The van der Waals surface area contributed by atoms with E-state index in [2.05, 4.69) is 0 Å². The van der Waals surface area contributed by atoms with Crippen molar-refractivity contribution < 1.29 is 14.7 Å². The quantitative estimate of drug-likeness (QED) is 0.352. The van der Waals surface area contributed by atoms with Crippen LogP contribution in [-0.4, -0.2) is 16.9 Å². The molecule has 0 radical (unpaired) electrons. The van der Waals surface area contributed by atoms with Gasteiger partial charge in [0.1, 0.15) is 0 Å². The monoisotopic (exact) mass is 442 g/mol. The molecule has 0 amide bonds. The molecule has 0 saturated carbocycles. The molecule has 5 N–H and O–H groups in total. The Bertz CT molecular complexity index is 1230. The van der Waals surface area contributed by atoms with Gasteiger partial charge in [-0.1, -0.05) is 72.5 Å². The average molecular weight is 443 g/mol. The largest absolute Gasteiger partial charge is 0.478 e. The first-order valence-electron chi connectivity index (χ1n) is 10.1. The molecule has 32 heavy (non-hydrogen) atoms. The van der Waals surface area contributed by atoms with Crippen molar-refractivity contribution in [3.8, 4) is 0 Å². The number of ketones is 1. The van der Waals surface area contributed by atoms with E-state index in [4.69, 9.17) is 11.5 Å². The normalized spacial score (nSPS) is 17.2. The molecule has 1 aliphatic rings. The van der Waals surface area contributed by atoms with Crippen LogP contribution in [0.25, 0.3) is 0 Å². The first-order valence-corrected chi connectivity index (χ1v) is 10.9. The molecule has 0 aliphatic heterocycles. The molecule has 1 atom stereocenters. The molecule has 0 aromatic heterocycles. The van der Waals surface area contributed by atoms with E-state index in [9.17, 15) is 14.7 Å². The van der Waals surface area contributed by atoms with Crippen LogP contribution in [-0.2, 0) is 5.41 Å². The van der Waals surface area contributed by atoms with Crippen LogP contribution in [0, 0.1) is 0 Å². The molecule has 0 saturated heterocycles. The van der Waals surface area contributed by atoms with Crippen LogP contribution < -0.4 is 11.5 Å². The number of benzene rings is 3. The number of carbonyl (C=O) groups is 2. The molecular weight excluding hydrogens is 420 g/mol. The summed E-state index contributed by atoms with van der Waals surface area (Å²) in [5.74, 6) is -1.28. The lowest BCUT2D eigenvalue weighted by atomic mass is 9.69. The predicted octanol–water partition coefficient (Wildman–Crippen LogP) is 5.34. The molecule has 160 valence electrons. The van der Waals surface area contributed by atoms with Crippen molar-refractivity contribution in [3.63, 3.8) is 0 Å². The Morgan fingerprint density at radius 3 is 2.16 bits per heavy atom. The van der Waals surface area contributed by atoms with Gasteiger partial charge in [-0.3, -0.25) is 4.79 Å². The number of Topliss-reactive ketones (excluding diaryl/α,β-unsaturated/α-hetero) is 1. The number of aromatic carboxylic acids is 1. The number of carbonyl (C=O) groups excluding carboxylic acids is 1. The smallest absolute Gasteiger partial charge is 0.337 e. The van der Waals surface area contributed by atoms with Gasteiger partial charge in [0.25, 0.3) is 0 Å². The zero-order chi connectivity index (χ0) is 22.7. The molecule has 0 fully saturated rings. The first-order chi connectivity index (χ1) is 15.4. The summed E-state index contributed by atoms with van der Waals surface area (Å²) >= 11 is 1.62. The van der Waals surface area contributed by atoms with Gasteiger partial charge in [-0.25, -0.2) is 4.79 Å². The minimum atomic E-state index is -1.16. The van der Waals surface area contributed by atoms with Crippen molar-refractivity contribution in [1.29, 1.82) is 0 Å². The maximum Gasteiger partial charge on any atom is 0.337 e. The highest BCUT2D eigenvalue weighted by atomic mass is 32.2. The second-order valence-corrected chi connectivity index (χ2v) is 8.67. The van der Waals surface area contributed by atoms with Crippen molar-refractivity contribution in [2.24, 2.45) is 0 Å². The Morgan fingerprint density at radius 1 is 0.844 bits per heavy atom. The van der Waals surface area contributed by atoms with Crippen LogP contribution in [0.15, 0.2) is 101 Å². The number of hydrogen-bond donors (Lipinski definition) is 3. The van der Waals surface area contributed by atoms with Crippen molar-refractivity contribution in [2.75, 3.05) is 11.5 Å². The summed E-state index contributed by atoms with van der Waals surface area (Å²) in [4.78, 5) is 27.3. The van der Waals surface area contributed by atoms with E-state index in [0.717, 1.165) is 9.79 Å². The average Bonchev–Trinajstić information content (AvgIpc) is 2.81. The predicted molar refractivity (Wildman–Crippen MR) is 128 cm³/mol. The second kappa shape index (κ2) is 8.77. The van der Waals surface area contributed by atoms with E-state index >= 15 is 0 Å². The summed E-state index contributed by atoms with van der Waals surface area (Å²) in [6.07, 6.45) is 7.79. The molecule has 3 aromatic rings. The molecule has 1 unspecified atom stereocenters. The lowest BCUT2D eigenvalue weighted by Gasteiger charge is -2.32. The van der Waals surface area contributed by atoms with Gasteiger partial charge < -0.3 is 16.6 Å². The lowest BCUT2D eigenvalue weighted by molar-refractivity contribution is 0.0698. The number of allylic oxidation sites excluding steroid dienone is 4. The SMILES string of the molecule is Nc1c(C(=O)O)ccc(C2(C(=O)c3ccc(Sc4ccccc4)cc3)C=CC=CC2)c1N. The maximum absolute atomic E-state index is 13.8. The van der Waals surface area contributed by atoms with Gasteiger partial charge in [0.2, 0.25) is 0 Å². The molecule has 6 heteroatoms. The van der Waals surface area contributed by atoms with Crippen LogP contribution >= 0.6 is 11.8 Å². The van der Waals surface area contributed by atoms with Crippen LogP contribution in [0.1, 0.15) is 32.7 Å². The third-order valence-electron chi connectivity index (χ3n) is 5.57. The van der Waals surface area contributed by atoms with Gasteiger partial charge in [0.15, 0.2) is 5.78 Å². The Labute approximate surface area is 190 Å². The second-order valence-electron chi connectivity index (χ2n) is 7.52. The zero-order valence-corrected chi connectivity index (χ0v) is 18.0. The van der Waals surface area contributed by atoms with Gasteiger partial charge in [-0.15, -0.1) is 0 Å². The van der Waals surface area contributed by atoms with Crippen LogP contribution in [0.2, 0.25) is 0 Å². The van der Waals surface area contributed by atoms with Crippen LogP contribution in [0.3, 0.4) is 0 Å². The number of rotatable bonds is 6. The Balaban J connectivity index is 1.71. The van der Waals surface area contributed by atoms with E-state index in [1.807, 2.05) is 78.9 Å². The van der Waals surface area contributed by atoms with Gasteiger partial charge in [-0.2, -0.15) is 0 Å². The molecule has 0 spiro atoms. The molecule has 0 heterocycles. The number of hydrogen-bond acceptors (Lipinski definition) is 5. The highest BCUT2D eigenvalue weighted by molar-refractivity contribution is 7.99. The standard InChI is InChI=1S/C26H22N2O3S/c27-22-20(25(30)31)13-14-21(23(22)28)26(15-5-2-6-16-26)24(29)17-9-11-19(12-10-17)32-18-7-3-1-4-8-18/h1-15H,16,27-28H2,(H,30,31). The summed E-state index contributed by atoms with van der Waals surface area (Å²) < 4.78 is 0. The maximum atomic E-state index is 13.8. The lowest BCUT2D eigenvalue weighted by Crippen LogP contribution is -2.35. The van der Waals surface area contributed by atoms with E-state index in [-0.39, 0.29) is 22.7 Å². The van der Waals surface area contributed by atoms with Crippen LogP contribution in [0.4, 0.5) is 11.4 Å². The van der Waals surface area contributed by atoms with E-state index in [1.54, 1.807) is 17.8 Å². The number of carboxylic acids is 1. The van der Waals surface area contributed by atoms with Crippen molar-refractivity contribution in [2.45, 2.75) is 21.6 Å². The minimum Gasteiger partial charge on any atom is -0.478 e. The fourth-order valence-electron chi connectivity index (χ4n) is 3.88. The first kappa shape index (κ1) is 21.5. The van der Waals surface area contributed by atoms with Crippen LogP contribution in [0.5, 0.6) is 0 Å². The third-order valence-corrected chi connectivity index (χ3v) is 6.58. The number of anilines is 2. The summed E-state index contributed by atoms with van der Waals surface area (Å²) in [6, 6.07) is 20.5. The van der Waals surface area contributed by atoms with E-state index in [1.165, 1.54) is 6.07 Å². The molecule has 1 aliphatic carbocycles. The minimum absolute atomic E-state index is 0.0280. The van der Waals surface area contributed by atoms with Gasteiger partial charge in [-0.05, 0) is 42.3 Å². The summed E-state index contributed by atoms with van der Waals surface area (Å²) in [5.41, 5.74) is 12.3. The fourth-order valence-corrected chi connectivity index (χ4v) is 4.72. The van der Waals surface area contributed by atoms with Crippen molar-refractivity contribution in [3.05, 3.63) is 108 Å². The van der Waals surface area contributed by atoms with E-state index in [0.29, 0.717) is 17.5 Å². The summed E-state index contributed by atoms with van der Waals surface area (Å²) in [5, 5.41) is 9.34. The molecule has 5 nitrogen and oxygen atoms in total. The van der Waals surface area contributed by atoms with Gasteiger partial charge in [0.05, 0.1) is 22.4 Å². The molecule has 3 aromatic carbocycles. The van der Waals surface area contributed by atoms with Gasteiger partial charge >= 0.3 is 5.97 Å². The number of nitrogens with two attached hydrogens (primary N) is 2. The molecular formula is C26H22N2O3S. The Kier molecular flexibility index (Phi) is 5.88. The van der Waals surface area contributed by atoms with Crippen molar-refractivity contribution in [1.82, 2.24) is 0 Å². The van der Waals surface area contributed by atoms with Crippen molar-refractivity contribution >= 4 is 34.9 Å². The topological polar surface area (TPSA) is 106 Å². The Hall–Kier alpha value is -3.77. The summed E-state index contributed by atoms with van der Waals surface area (Å²) in [6.45, 7) is 0. The zero-order valence-electron chi connectivity index (χ0n) is 17.2. The number of carboxylic acid groups (broad SMARTS) is 1. The molecule has 4 rings (SSSR count). The highest BCUT2D eigenvalue weighted by Crippen LogP contribution is 2.42. The molecule has 0 bridgehead atoms. The Morgan fingerprint density at radius 2 is 1.53 bits per heavy atom.